The maximum Gasteiger partial charge on any atom is 0.220 e. The number of amides is 1. The fraction of sp³-hybridized carbons (Fsp3) is 0.389. The molecule has 0 radical (unpaired) electrons. The van der Waals surface area contributed by atoms with Gasteiger partial charge in [0.15, 0.2) is 0 Å². The van der Waals surface area contributed by atoms with Crippen molar-refractivity contribution in [3.63, 3.8) is 0 Å². The van der Waals surface area contributed by atoms with Gasteiger partial charge in [-0.1, -0.05) is 36.4 Å². The van der Waals surface area contributed by atoms with Crippen molar-refractivity contribution in [1.29, 1.82) is 0 Å². The van der Waals surface area contributed by atoms with Crippen molar-refractivity contribution in [2.75, 3.05) is 13.1 Å². The Balaban J connectivity index is 1.92. The molecule has 3 heteroatoms. The number of carbonyl (C=O) groups excluding carboxylic acids is 1. The van der Waals surface area contributed by atoms with Gasteiger partial charge in [-0.25, -0.2) is 0 Å². The van der Waals surface area contributed by atoms with Crippen LogP contribution in [0.3, 0.4) is 0 Å². The molecule has 2 aromatic carbocycles. The van der Waals surface area contributed by atoms with Crippen LogP contribution in [0.1, 0.15) is 24.5 Å². The molecule has 1 atom stereocenters. The third-order valence-electron chi connectivity index (χ3n) is 4.53. The maximum atomic E-state index is 12.0. The lowest BCUT2D eigenvalue weighted by Crippen LogP contribution is -2.39. The van der Waals surface area contributed by atoms with Crippen LogP contribution in [-0.4, -0.2) is 29.9 Å². The monoisotopic (exact) mass is 282 g/mol. The number of benzene rings is 2. The van der Waals surface area contributed by atoms with Gasteiger partial charge < -0.3 is 10.2 Å². The van der Waals surface area contributed by atoms with Crippen molar-refractivity contribution < 1.29 is 4.79 Å². The highest BCUT2D eigenvalue weighted by Crippen LogP contribution is 2.24. The predicted molar refractivity (Wildman–Crippen MR) is 86.2 cm³/mol. The third kappa shape index (κ3) is 2.79. The number of hydrogen-bond donors (Lipinski definition) is 1. The summed E-state index contributed by atoms with van der Waals surface area (Å²) in [6, 6.07) is 13.1. The molecule has 0 aliphatic carbocycles. The molecule has 1 aliphatic rings. The highest BCUT2D eigenvalue weighted by atomic mass is 16.2. The van der Waals surface area contributed by atoms with Gasteiger partial charge in [-0.3, -0.25) is 4.79 Å². The molecule has 1 N–H and O–H groups in total. The largest absolute Gasteiger partial charge is 0.334 e. The first-order chi connectivity index (χ1) is 10.2. The molecule has 1 saturated heterocycles. The van der Waals surface area contributed by atoms with Crippen LogP contribution in [0, 0.1) is 6.92 Å². The normalized spacial score (nSPS) is 18.1. The Morgan fingerprint density at radius 1 is 1.29 bits per heavy atom. The molecule has 0 saturated carbocycles. The van der Waals surface area contributed by atoms with Crippen molar-refractivity contribution in [3.8, 4) is 0 Å². The van der Waals surface area contributed by atoms with Gasteiger partial charge in [-0.2, -0.15) is 0 Å². The molecule has 0 unspecified atom stereocenters. The molecule has 21 heavy (non-hydrogen) atoms. The molecule has 0 spiro atoms. The van der Waals surface area contributed by atoms with Crippen molar-refractivity contribution in [2.45, 2.75) is 32.9 Å². The predicted octanol–water partition coefficient (Wildman–Crippen LogP) is 2.86. The van der Waals surface area contributed by atoms with Gasteiger partial charge >= 0.3 is 0 Å². The van der Waals surface area contributed by atoms with Gasteiger partial charge in [-0.05, 0) is 41.8 Å². The number of nitrogens with zero attached hydrogens (tertiary/aromatic N) is 1. The summed E-state index contributed by atoms with van der Waals surface area (Å²) in [6.45, 7) is 6.45. The van der Waals surface area contributed by atoms with E-state index < -0.39 is 0 Å². The van der Waals surface area contributed by atoms with Crippen LogP contribution in [0.4, 0.5) is 0 Å². The van der Waals surface area contributed by atoms with E-state index in [-0.39, 0.29) is 5.91 Å². The summed E-state index contributed by atoms with van der Waals surface area (Å²) in [7, 11) is 0. The van der Waals surface area contributed by atoms with Crippen molar-refractivity contribution in [3.05, 3.63) is 47.5 Å². The first-order valence-corrected chi connectivity index (χ1v) is 7.62. The lowest BCUT2D eigenvalue weighted by atomic mass is 9.99. The summed E-state index contributed by atoms with van der Waals surface area (Å²) in [4.78, 5) is 14.0. The molecule has 2 aromatic rings. The van der Waals surface area contributed by atoms with Crippen LogP contribution in [0.5, 0.6) is 0 Å². The van der Waals surface area contributed by atoms with Crippen LogP contribution in [0.15, 0.2) is 36.4 Å². The SMILES string of the molecule is CC(=O)N(Cc1ccc2ccccc2c1C)[C@H]1CCNC1. The second-order valence-corrected chi connectivity index (χ2v) is 5.86. The van der Waals surface area contributed by atoms with Crippen LogP contribution < -0.4 is 5.32 Å². The molecular formula is C18H22N2O. The number of fused-ring (bicyclic) bond motifs is 1. The highest BCUT2D eigenvalue weighted by Gasteiger charge is 2.24. The molecule has 0 bridgehead atoms. The third-order valence-corrected chi connectivity index (χ3v) is 4.53. The average molecular weight is 282 g/mol. The lowest BCUT2D eigenvalue weighted by molar-refractivity contribution is -0.131. The fourth-order valence-electron chi connectivity index (χ4n) is 3.23. The van der Waals surface area contributed by atoms with Crippen molar-refractivity contribution in [2.24, 2.45) is 0 Å². The zero-order valence-electron chi connectivity index (χ0n) is 12.7. The molecule has 110 valence electrons. The zero-order chi connectivity index (χ0) is 14.8. The number of hydrogen-bond acceptors (Lipinski definition) is 2. The van der Waals surface area contributed by atoms with Gasteiger partial charge in [0.2, 0.25) is 5.91 Å². The Hall–Kier alpha value is -1.87. The maximum absolute atomic E-state index is 12.0. The van der Waals surface area contributed by atoms with Crippen LogP contribution in [0.2, 0.25) is 0 Å². The molecule has 1 amide bonds. The molecule has 3 nitrogen and oxygen atoms in total. The summed E-state index contributed by atoms with van der Waals surface area (Å²) in [5.74, 6) is 0.163. The summed E-state index contributed by atoms with van der Waals surface area (Å²) < 4.78 is 0. The molecule has 1 heterocycles. The topological polar surface area (TPSA) is 32.3 Å². The van der Waals surface area contributed by atoms with E-state index in [9.17, 15) is 4.79 Å². The summed E-state index contributed by atoms with van der Waals surface area (Å²) >= 11 is 0. The van der Waals surface area contributed by atoms with Crippen LogP contribution in [0.25, 0.3) is 10.8 Å². The quantitative estimate of drug-likeness (QED) is 0.939. The smallest absolute Gasteiger partial charge is 0.220 e. The summed E-state index contributed by atoms with van der Waals surface area (Å²) in [5, 5.41) is 5.88. The molecule has 1 fully saturated rings. The standard InChI is InChI=1S/C18H22N2O/c1-13-16(8-7-15-5-3-4-6-18(13)15)12-20(14(2)21)17-9-10-19-11-17/h3-8,17,19H,9-12H2,1-2H3/t17-/m0/s1. The summed E-state index contributed by atoms with van der Waals surface area (Å²) in [6.07, 6.45) is 1.05. The molecular weight excluding hydrogens is 260 g/mol. The highest BCUT2D eigenvalue weighted by molar-refractivity contribution is 5.86. The second-order valence-electron chi connectivity index (χ2n) is 5.86. The van der Waals surface area contributed by atoms with E-state index in [1.165, 1.54) is 21.9 Å². The Bertz CT molecular complexity index is 659. The first-order valence-electron chi connectivity index (χ1n) is 7.62. The van der Waals surface area contributed by atoms with Crippen molar-refractivity contribution in [1.82, 2.24) is 10.2 Å². The Labute approximate surface area is 125 Å². The van der Waals surface area contributed by atoms with E-state index >= 15 is 0 Å². The Morgan fingerprint density at radius 3 is 2.81 bits per heavy atom. The minimum absolute atomic E-state index is 0.163. The van der Waals surface area contributed by atoms with Crippen LogP contribution in [-0.2, 0) is 11.3 Å². The van der Waals surface area contributed by atoms with Gasteiger partial charge in [-0.15, -0.1) is 0 Å². The van der Waals surface area contributed by atoms with Crippen molar-refractivity contribution >= 4 is 16.7 Å². The first kappa shape index (κ1) is 14.1. The van der Waals surface area contributed by atoms with E-state index in [0.717, 1.165) is 19.5 Å². The number of aryl methyl sites for hydroxylation is 1. The van der Waals surface area contributed by atoms with Gasteiger partial charge in [0.1, 0.15) is 0 Å². The molecule has 1 aliphatic heterocycles. The minimum Gasteiger partial charge on any atom is -0.334 e. The van der Waals surface area contributed by atoms with E-state index in [2.05, 4.69) is 48.6 Å². The number of nitrogens with one attached hydrogen (secondary N) is 1. The second kappa shape index (κ2) is 5.86. The lowest BCUT2D eigenvalue weighted by Gasteiger charge is -2.28. The van der Waals surface area contributed by atoms with E-state index in [4.69, 9.17) is 0 Å². The zero-order valence-corrected chi connectivity index (χ0v) is 12.7. The van der Waals surface area contributed by atoms with E-state index in [1.54, 1.807) is 6.92 Å². The average Bonchev–Trinajstić information content (AvgIpc) is 3.00. The summed E-state index contributed by atoms with van der Waals surface area (Å²) in [5.41, 5.74) is 2.53. The fourth-order valence-corrected chi connectivity index (χ4v) is 3.23. The van der Waals surface area contributed by atoms with E-state index in [0.29, 0.717) is 12.6 Å². The Morgan fingerprint density at radius 2 is 2.10 bits per heavy atom. The van der Waals surface area contributed by atoms with Gasteiger partial charge in [0.05, 0.1) is 0 Å². The van der Waals surface area contributed by atoms with Crippen LogP contribution >= 0.6 is 0 Å². The van der Waals surface area contributed by atoms with Gasteiger partial charge in [0, 0.05) is 26.1 Å². The molecule has 3 rings (SSSR count). The van der Waals surface area contributed by atoms with Gasteiger partial charge in [0.25, 0.3) is 0 Å². The minimum atomic E-state index is 0.163. The number of rotatable bonds is 3. The molecule has 0 aromatic heterocycles. The number of carbonyl (C=O) groups is 1. The Kier molecular flexibility index (Phi) is 3.93. The van der Waals surface area contributed by atoms with E-state index in [1.807, 2.05) is 4.90 Å².